The molecule has 0 unspecified atom stereocenters. The highest BCUT2D eigenvalue weighted by Crippen LogP contribution is 2.11. The molecule has 0 atom stereocenters. The predicted molar refractivity (Wildman–Crippen MR) is 74.4 cm³/mol. The van der Waals surface area contributed by atoms with Gasteiger partial charge in [0.25, 0.3) is 0 Å². The van der Waals surface area contributed by atoms with E-state index in [2.05, 4.69) is 4.98 Å². The molecule has 0 spiro atoms. The van der Waals surface area contributed by atoms with Crippen LogP contribution in [0, 0.1) is 11.6 Å². The van der Waals surface area contributed by atoms with E-state index in [4.69, 9.17) is 0 Å². The van der Waals surface area contributed by atoms with E-state index in [1.807, 2.05) is 18.5 Å². The highest BCUT2D eigenvalue weighted by atomic mass is 19.1. The predicted octanol–water partition coefficient (Wildman–Crippen LogP) is 2.29. The number of carbonyl (C=O) groups excluding carboxylic acids is 1. The normalized spacial score (nSPS) is 10.7. The molecule has 0 saturated carbocycles. The van der Waals surface area contributed by atoms with Gasteiger partial charge in [-0.25, -0.2) is 13.8 Å². The van der Waals surface area contributed by atoms with Gasteiger partial charge in [0.1, 0.15) is 11.6 Å². The van der Waals surface area contributed by atoms with Crippen LogP contribution in [0.1, 0.15) is 18.2 Å². The lowest BCUT2D eigenvalue weighted by Crippen LogP contribution is -2.32. The molecule has 0 aliphatic rings. The summed E-state index contributed by atoms with van der Waals surface area (Å²) in [5.74, 6) is -1.52. The Kier molecular flexibility index (Phi) is 4.67. The molecule has 0 fully saturated rings. The number of likely N-dealkylation sites (N-methyl/N-ethyl adjacent to an activating group) is 1. The lowest BCUT2D eigenvalue weighted by molar-refractivity contribution is -0.130. The summed E-state index contributed by atoms with van der Waals surface area (Å²) in [5.41, 5.74) is 1.23. The maximum Gasteiger partial charge on any atom is 0.227 e. The Bertz CT molecular complexity index is 619. The Labute approximate surface area is 122 Å². The van der Waals surface area contributed by atoms with Gasteiger partial charge in [-0.15, -0.1) is 0 Å². The van der Waals surface area contributed by atoms with Gasteiger partial charge in [0.15, 0.2) is 0 Å². The van der Waals surface area contributed by atoms with Crippen molar-refractivity contribution >= 4 is 5.91 Å². The lowest BCUT2D eigenvalue weighted by atomic mass is 10.1. The Morgan fingerprint density at radius 2 is 1.95 bits per heavy atom. The Balaban J connectivity index is 2.08. The van der Waals surface area contributed by atoms with Gasteiger partial charge in [0.05, 0.1) is 25.0 Å². The molecule has 1 aromatic heterocycles. The molecule has 1 amide bonds. The summed E-state index contributed by atoms with van der Waals surface area (Å²) in [7, 11) is 1.85. The van der Waals surface area contributed by atoms with Gasteiger partial charge >= 0.3 is 0 Å². The molecule has 0 aliphatic heterocycles. The van der Waals surface area contributed by atoms with Crippen molar-refractivity contribution in [3.63, 3.8) is 0 Å². The van der Waals surface area contributed by atoms with Gasteiger partial charge in [-0.3, -0.25) is 4.79 Å². The van der Waals surface area contributed by atoms with Crippen LogP contribution in [0.3, 0.4) is 0 Å². The quantitative estimate of drug-likeness (QED) is 0.848. The van der Waals surface area contributed by atoms with Crippen LogP contribution in [0.5, 0.6) is 0 Å². The summed E-state index contributed by atoms with van der Waals surface area (Å²) in [4.78, 5) is 17.9. The monoisotopic (exact) mass is 293 g/mol. The standard InChI is InChI=1S/C15H17F2N3O/c1-3-20(9-14-8-18-10-19(14)2)15(21)6-11-4-12(16)7-13(17)5-11/h4-5,7-8,10H,3,6,9H2,1-2H3. The number of amides is 1. The largest absolute Gasteiger partial charge is 0.337 e. The first-order valence-corrected chi connectivity index (χ1v) is 6.67. The summed E-state index contributed by atoms with van der Waals surface area (Å²) in [5, 5.41) is 0. The van der Waals surface area contributed by atoms with E-state index < -0.39 is 11.6 Å². The summed E-state index contributed by atoms with van der Waals surface area (Å²) in [6.07, 6.45) is 3.33. The SMILES string of the molecule is CCN(Cc1cncn1C)C(=O)Cc1cc(F)cc(F)c1. The fourth-order valence-electron chi connectivity index (χ4n) is 2.11. The van der Waals surface area contributed by atoms with Crippen LogP contribution in [-0.2, 0) is 24.8 Å². The average Bonchev–Trinajstić information content (AvgIpc) is 2.80. The zero-order valence-corrected chi connectivity index (χ0v) is 12.0. The molecular weight excluding hydrogens is 276 g/mol. The second kappa shape index (κ2) is 6.47. The smallest absolute Gasteiger partial charge is 0.227 e. The van der Waals surface area contributed by atoms with Crippen LogP contribution in [0.2, 0.25) is 0 Å². The van der Waals surface area contributed by atoms with Crippen molar-refractivity contribution in [2.75, 3.05) is 6.54 Å². The molecule has 0 radical (unpaired) electrons. The van der Waals surface area contributed by atoms with E-state index in [0.717, 1.165) is 11.8 Å². The molecule has 1 aromatic carbocycles. The minimum atomic E-state index is -0.674. The van der Waals surface area contributed by atoms with E-state index in [9.17, 15) is 13.6 Å². The van der Waals surface area contributed by atoms with Crippen LogP contribution in [0.4, 0.5) is 8.78 Å². The van der Waals surface area contributed by atoms with E-state index in [-0.39, 0.29) is 12.3 Å². The fraction of sp³-hybridized carbons (Fsp3) is 0.333. The molecular formula is C15H17F2N3O. The van der Waals surface area contributed by atoms with E-state index in [0.29, 0.717) is 18.7 Å². The molecule has 0 saturated heterocycles. The van der Waals surface area contributed by atoms with Crippen molar-refractivity contribution in [3.8, 4) is 0 Å². The van der Waals surface area contributed by atoms with Crippen LogP contribution >= 0.6 is 0 Å². The Morgan fingerprint density at radius 3 is 2.48 bits per heavy atom. The van der Waals surface area contributed by atoms with E-state index >= 15 is 0 Å². The molecule has 21 heavy (non-hydrogen) atoms. The third-order valence-electron chi connectivity index (χ3n) is 3.28. The maximum absolute atomic E-state index is 13.1. The first kappa shape index (κ1) is 15.2. The van der Waals surface area contributed by atoms with Crippen LogP contribution in [-0.4, -0.2) is 26.9 Å². The van der Waals surface area contributed by atoms with Gasteiger partial charge < -0.3 is 9.47 Å². The fourth-order valence-corrected chi connectivity index (χ4v) is 2.11. The minimum absolute atomic E-state index is 0.0274. The number of hydrogen-bond acceptors (Lipinski definition) is 2. The Morgan fingerprint density at radius 1 is 1.29 bits per heavy atom. The van der Waals surface area contributed by atoms with Gasteiger partial charge in [-0.2, -0.15) is 0 Å². The van der Waals surface area contributed by atoms with E-state index in [1.165, 1.54) is 12.1 Å². The molecule has 0 bridgehead atoms. The number of hydrogen-bond donors (Lipinski definition) is 0. The number of imidazole rings is 1. The van der Waals surface area contributed by atoms with Gasteiger partial charge in [-0.05, 0) is 24.6 Å². The van der Waals surface area contributed by atoms with E-state index in [1.54, 1.807) is 17.4 Å². The van der Waals surface area contributed by atoms with Gasteiger partial charge in [-0.1, -0.05) is 0 Å². The second-order valence-corrected chi connectivity index (χ2v) is 4.86. The number of carbonyl (C=O) groups is 1. The molecule has 0 N–H and O–H groups in total. The third kappa shape index (κ3) is 3.87. The zero-order chi connectivity index (χ0) is 15.4. The van der Waals surface area contributed by atoms with Gasteiger partial charge in [0.2, 0.25) is 5.91 Å². The van der Waals surface area contributed by atoms with Crippen molar-refractivity contribution in [2.24, 2.45) is 7.05 Å². The molecule has 1 heterocycles. The second-order valence-electron chi connectivity index (χ2n) is 4.86. The lowest BCUT2D eigenvalue weighted by Gasteiger charge is -2.21. The molecule has 2 rings (SSSR count). The van der Waals surface area contributed by atoms with Crippen LogP contribution in [0.25, 0.3) is 0 Å². The topological polar surface area (TPSA) is 38.1 Å². The first-order valence-electron chi connectivity index (χ1n) is 6.67. The summed E-state index contributed by atoms with van der Waals surface area (Å²) >= 11 is 0. The summed E-state index contributed by atoms with van der Waals surface area (Å²) in [6, 6.07) is 3.15. The van der Waals surface area contributed by atoms with Crippen LogP contribution < -0.4 is 0 Å². The molecule has 112 valence electrons. The number of halogens is 2. The van der Waals surface area contributed by atoms with Crippen molar-refractivity contribution in [2.45, 2.75) is 19.9 Å². The maximum atomic E-state index is 13.1. The third-order valence-corrected chi connectivity index (χ3v) is 3.28. The zero-order valence-electron chi connectivity index (χ0n) is 12.0. The van der Waals surface area contributed by atoms with Crippen molar-refractivity contribution in [3.05, 3.63) is 53.6 Å². The van der Waals surface area contributed by atoms with Crippen LogP contribution in [0.15, 0.2) is 30.7 Å². The van der Waals surface area contributed by atoms with Crippen molar-refractivity contribution in [1.82, 2.24) is 14.5 Å². The summed E-state index contributed by atoms with van der Waals surface area (Å²) in [6.45, 7) is 2.80. The van der Waals surface area contributed by atoms with Crippen molar-refractivity contribution < 1.29 is 13.6 Å². The van der Waals surface area contributed by atoms with Gasteiger partial charge in [0, 0.05) is 25.9 Å². The number of aryl methyl sites for hydroxylation is 1. The number of rotatable bonds is 5. The number of benzene rings is 1. The first-order chi connectivity index (χ1) is 9.99. The molecule has 4 nitrogen and oxygen atoms in total. The number of aromatic nitrogens is 2. The highest BCUT2D eigenvalue weighted by Gasteiger charge is 2.15. The number of nitrogens with zero attached hydrogens (tertiary/aromatic N) is 3. The molecule has 6 heteroatoms. The summed E-state index contributed by atoms with van der Waals surface area (Å²) < 4.78 is 28.1. The minimum Gasteiger partial charge on any atom is -0.337 e. The Hall–Kier alpha value is -2.24. The average molecular weight is 293 g/mol. The highest BCUT2D eigenvalue weighted by molar-refractivity contribution is 5.78. The molecule has 2 aromatic rings. The van der Waals surface area contributed by atoms with Crippen molar-refractivity contribution in [1.29, 1.82) is 0 Å². The molecule has 0 aliphatic carbocycles.